The summed E-state index contributed by atoms with van der Waals surface area (Å²) in [6.07, 6.45) is 0.886. The highest BCUT2D eigenvalue weighted by Gasteiger charge is 2.35. The lowest BCUT2D eigenvalue weighted by Crippen LogP contribution is -2.55. The lowest BCUT2D eigenvalue weighted by atomic mass is 9.80. The maximum atomic E-state index is 12.7. The molecule has 0 saturated carbocycles. The van der Waals surface area contributed by atoms with E-state index >= 15 is 0 Å². The van der Waals surface area contributed by atoms with Crippen molar-refractivity contribution in [2.45, 2.75) is 26.3 Å². The molecule has 1 fully saturated rings. The molecule has 6 nitrogen and oxygen atoms in total. The summed E-state index contributed by atoms with van der Waals surface area (Å²) in [6, 6.07) is 7.56. The fraction of sp³-hybridized carbons (Fsp3) is 0.529. The van der Waals surface area contributed by atoms with Crippen molar-refractivity contribution in [3.63, 3.8) is 0 Å². The summed E-state index contributed by atoms with van der Waals surface area (Å²) in [5.41, 5.74) is 7.61. The van der Waals surface area contributed by atoms with Crippen molar-refractivity contribution in [2.75, 3.05) is 36.4 Å². The van der Waals surface area contributed by atoms with Crippen LogP contribution in [0.4, 0.5) is 11.4 Å². The maximum Gasteiger partial charge on any atom is 0.244 e. The van der Waals surface area contributed by atoms with E-state index in [0.29, 0.717) is 12.2 Å². The van der Waals surface area contributed by atoms with E-state index in [4.69, 9.17) is 5.73 Å². The normalized spacial score (nSPS) is 23.0. The molecule has 0 radical (unpaired) electrons. The average Bonchev–Trinajstić information content (AvgIpc) is 2.49. The van der Waals surface area contributed by atoms with Gasteiger partial charge in [-0.05, 0) is 24.0 Å². The number of halogens is 1. The van der Waals surface area contributed by atoms with Gasteiger partial charge in [0.05, 0.1) is 17.9 Å². The van der Waals surface area contributed by atoms with E-state index in [1.807, 2.05) is 24.3 Å². The first-order chi connectivity index (χ1) is 10.9. The predicted molar refractivity (Wildman–Crippen MR) is 97.5 cm³/mol. The summed E-state index contributed by atoms with van der Waals surface area (Å²) in [5, 5.41) is 2.80. The zero-order valence-electron chi connectivity index (χ0n) is 14.1. The third-order valence-electron chi connectivity index (χ3n) is 4.82. The summed E-state index contributed by atoms with van der Waals surface area (Å²) in [4.78, 5) is 28.3. The van der Waals surface area contributed by atoms with Crippen LogP contribution in [0.25, 0.3) is 0 Å². The van der Waals surface area contributed by atoms with Crippen LogP contribution < -0.4 is 16.0 Å². The summed E-state index contributed by atoms with van der Waals surface area (Å²) in [6.45, 7) is 6.28. The minimum Gasteiger partial charge on any atom is -0.327 e. The third kappa shape index (κ3) is 3.71. The van der Waals surface area contributed by atoms with Gasteiger partial charge in [0.2, 0.25) is 11.8 Å². The molecule has 7 heteroatoms. The van der Waals surface area contributed by atoms with Gasteiger partial charge < -0.3 is 11.1 Å². The number of nitrogens with two attached hydrogens (primary N) is 1. The number of benzene rings is 1. The highest BCUT2D eigenvalue weighted by molar-refractivity contribution is 6.10. The van der Waals surface area contributed by atoms with Gasteiger partial charge >= 0.3 is 0 Å². The SMILES string of the molecule is CC1(C)CN(CC(=O)N2CC(=O)Nc3ccccc32)CCC1N.Cl. The van der Waals surface area contributed by atoms with Crippen molar-refractivity contribution in [1.29, 1.82) is 0 Å². The molecular weight excluding hydrogens is 328 g/mol. The van der Waals surface area contributed by atoms with Crippen LogP contribution in [-0.2, 0) is 9.59 Å². The van der Waals surface area contributed by atoms with E-state index in [0.717, 1.165) is 25.2 Å². The lowest BCUT2D eigenvalue weighted by Gasteiger charge is -2.43. The number of fused-ring (bicyclic) bond motifs is 1. The van der Waals surface area contributed by atoms with Gasteiger partial charge in [-0.2, -0.15) is 0 Å². The van der Waals surface area contributed by atoms with E-state index < -0.39 is 0 Å². The van der Waals surface area contributed by atoms with Gasteiger partial charge in [-0.3, -0.25) is 19.4 Å². The first-order valence-corrected chi connectivity index (χ1v) is 8.04. The van der Waals surface area contributed by atoms with Crippen molar-refractivity contribution >= 4 is 35.6 Å². The Hall–Kier alpha value is -1.63. The minimum atomic E-state index is -0.155. The van der Waals surface area contributed by atoms with E-state index in [9.17, 15) is 9.59 Å². The highest BCUT2D eigenvalue weighted by Crippen LogP contribution is 2.30. The number of hydrogen-bond acceptors (Lipinski definition) is 4. The molecule has 1 atom stereocenters. The number of carbonyl (C=O) groups excluding carboxylic acids is 2. The van der Waals surface area contributed by atoms with Crippen LogP contribution >= 0.6 is 12.4 Å². The fourth-order valence-electron chi connectivity index (χ4n) is 3.35. The number of para-hydroxylation sites is 2. The molecule has 0 spiro atoms. The number of carbonyl (C=O) groups is 2. The monoisotopic (exact) mass is 352 g/mol. The van der Waals surface area contributed by atoms with Crippen LogP contribution in [0.1, 0.15) is 20.3 Å². The molecule has 3 N–H and O–H groups in total. The number of rotatable bonds is 2. The summed E-state index contributed by atoms with van der Waals surface area (Å²) < 4.78 is 0. The number of nitrogens with zero attached hydrogens (tertiary/aromatic N) is 2. The van der Waals surface area contributed by atoms with E-state index in [1.54, 1.807) is 4.90 Å². The van der Waals surface area contributed by atoms with E-state index in [2.05, 4.69) is 24.1 Å². The predicted octanol–water partition coefficient (Wildman–Crippen LogP) is 1.45. The fourth-order valence-corrected chi connectivity index (χ4v) is 3.35. The molecule has 2 aliphatic heterocycles. The van der Waals surface area contributed by atoms with Gasteiger partial charge in [0.25, 0.3) is 0 Å². The van der Waals surface area contributed by atoms with Gasteiger partial charge in [0.15, 0.2) is 0 Å². The molecule has 3 rings (SSSR count). The average molecular weight is 353 g/mol. The van der Waals surface area contributed by atoms with Crippen LogP contribution in [0.2, 0.25) is 0 Å². The molecule has 2 heterocycles. The molecule has 1 aromatic rings. The molecule has 1 aromatic carbocycles. The van der Waals surface area contributed by atoms with Crippen molar-refractivity contribution in [2.24, 2.45) is 11.1 Å². The topological polar surface area (TPSA) is 78.7 Å². The van der Waals surface area contributed by atoms with Gasteiger partial charge in [-0.25, -0.2) is 0 Å². The molecule has 0 aromatic heterocycles. The summed E-state index contributed by atoms with van der Waals surface area (Å²) in [5.74, 6) is -0.198. The first kappa shape index (κ1) is 18.7. The Balaban J connectivity index is 0.00000208. The minimum absolute atomic E-state index is 0. The molecule has 132 valence electrons. The van der Waals surface area contributed by atoms with Gasteiger partial charge in [-0.15, -0.1) is 12.4 Å². The molecule has 24 heavy (non-hydrogen) atoms. The van der Waals surface area contributed by atoms with Crippen molar-refractivity contribution in [3.05, 3.63) is 24.3 Å². The van der Waals surface area contributed by atoms with Crippen LogP contribution in [0.15, 0.2) is 24.3 Å². The second-order valence-electron chi connectivity index (χ2n) is 7.14. The largest absolute Gasteiger partial charge is 0.327 e. The molecular formula is C17H25ClN4O2. The number of nitrogens with one attached hydrogen (secondary N) is 1. The molecule has 0 bridgehead atoms. The van der Waals surface area contributed by atoms with Gasteiger partial charge in [0.1, 0.15) is 6.54 Å². The number of amides is 2. The third-order valence-corrected chi connectivity index (χ3v) is 4.82. The maximum absolute atomic E-state index is 12.7. The summed E-state index contributed by atoms with van der Waals surface area (Å²) >= 11 is 0. The summed E-state index contributed by atoms with van der Waals surface area (Å²) in [7, 11) is 0. The zero-order valence-corrected chi connectivity index (χ0v) is 14.9. The number of anilines is 2. The van der Waals surface area contributed by atoms with Crippen molar-refractivity contribution in [1.82, 2.24) is 4.90 Å². The first-order valence-electron chi connectivity index (χ1n) is 8.04. The Morgan fingerprint density at radius 3 is 2.79 bits per heavy atom. The second kappa shape index (κ2) is 7.09. The number of likely N-dealkylation sites (tertiary alicyclic amines) is 1. The van der Waals surface area contributed by atoms with Crippen LogP contribution in [0.3, 0.4) is 0 Å². The smallest absolute Gasteiger partial charge is 0.244 e. The molecule has 1 saturated heterocycles. The van der Waals surface area contributed by atoms with Gasteiger partial charge in [0, 0.05) is 19.1 Å². The number of piperidine rings is 1. The Morgan fingerprint density at radius 1 is 1.38 bits per heavy atom. The molecule has 1 unspecified atom stereocenters. The Labute approximate surface area is 148 Å². The number of hydrogen-bond donors (Lipinski definition) is 2. The van der Waals surface area contributed by atoms with Crippen molar-refractivity contribution < 1.29 is 9.59 Å². The van der Waals surface area contributed by atoms with E-state index in [1.165, 1.54) is 0 Å². The van der Waals surface area contributed by atoms with Crippen LogP contribution in [0.5, 0.6) is 0 Å². The Morgan fingerprint density at radius 2 is 2.08 bits per heavy atom. The van der Waals surface area contributed by atoms with Crippen molar-refractivity contribution in [3.8, 4) is 0 Å². The molecule has 0 aliphatic carbocycles. The molecule has 2 aliphatic rings. The highest BCUT2D eigenvalue weighted by atomic mass is 35.5. The Bertz CT molecular complexity index is 635. The second-order valence-corrected chi connectivity index (χ2v) is 7.14. The standard InChI is InChI=1S/C17H24N4O2.ClH/c1-17(2)11-20(8-7-14(17)18)10-16(23)21-9-15(22)19-12-5-3-4-6-13(12)21;/h3-6,14H,7-11,18H2,1-2H3,(H,19,22);1H. The van der Waals surface area contributed by atoms with Crippen LogP contribution in [-0.4, -0.2) is 48.9 Å². The molecule has 2 amide bonds. The van der Waals surface area contributed by atoms with Gasteiger partial charge in [-0.1, -0.05) is 26.0 Å². The quantitative estimate of drug-likeness (QED) is 0.844. The van der Waals surface area contributed by atoms with Crippen LogP contribution in [0, 0.1) is 5.41 Å². The van der Waals surface area contributed by atoms with E-state index in [-0.39, 0.29) is 42.2 Å². The lowest BCUT2D eigenvalue weighted by molar-refractivity contribution is -0.123. The zero-order chi connectivity index (χ0) is 16.6. The Kier molecular flexibility index (Phi) is 5.52.